The molecule has 2 bridgehead atoms. The van der Waals surface area contributed by atoms with Gasteiger partial charge in [-0.15, -0.1) is 5.10 Å². The first-order valence-corrected chi connectivity index (χ1v) is 12.4. The maximum atomic E-state index is 14.7. The molecule has 184 valence electrons. The maximum absolute atomic E-state index is 14.7. The summed E-state index contributed by atoms with van der Waals surface area (Å²) >= 11 is 0. The molecule has 3 aliphatic rings. The number of nitrogens with one attached hydrogen (secondary N) is 1. The van der Waals surface area contributed by atoms with E-state index >= 15 is 0 Å². The fourth-order valence-corrected chi connectivity index (χ4v) is 6.13. The monoisotopic (exact) mass is 483 g/mol. The van der Waals surface area contributed by atoms with Crippen molar-refractivity contribution in [3.05, 3.63) is 58.9 Å². The summed E-state index contributed by atoms with van der Waals surface area (Å²) in [6, 6.07) is 4.66. The van der Waals surface area contributed by atoms with Crippen LogP contribution in [0.1, 0.15) is 55.1 Å². The number of benzene rings is 1. The zero-order valence-electron chi connectivity index (χ0n) is 19.6. The lowest BCUT2D eigenvalue weighted by Gasteiger charge is -2.39. The zero-order valence-corrected chi connectivity index (χ0v) is 19.6. The van der Waals surface area contributed by atoms with Gasteiger partial charge in [-0.05, 0) is 56.6 Å². The molecule has 4 atom stereocenters. The molecule has 1 saturated carbocycles. The van der Waals surface area contributed by atoms with Crippen molar-refractivity contribution in [2.24, 2.45) is 11.8 Å². The Kier molecular flexibility index (Phi) is 5.61. The van der Waals surface area contributed by atoms with Crippen LogP contribution in [0, 0.1) is 36.2 Å². The summed E-state index contributed by atoms with van der Waals surface area (Å²) in [4.78, 5) is 7.16. The van der Waals surface area contributed by atoms with Crippen molar-refractivity contribution in [3.63, 3.8) is 0 Å². The molecule has 7 nitrogen and oxygen atoms in total. The van der Waals surface area contributed by atoms with Gasteiger partial charge in [0.1, 0.15) is 5.82 Å². The minimum Gasteiger partial charge on any atom is -0.369 e. The second kappa shape index (κ2) is 8.80. The van der Waals surface area contributed by atoms with Crippen molar-refractivity contribution < 1.29 is 13.2 Å². The molecule has 2 aromatic heterocycles. The van der Waals surface area contributed by atoms with Gasteiger partial charge in [-0.2, -0.15) is 15.2 Å². The van der Waals surface area contributed by atoms with Crippen molar-refractivity contribution in [3.8, 4) is 0 Å². The molecule has 4 heterocycles. The lowest BCUT2D eigenvalue weighted by atomic mass is 9.92. The fourth-order valence-electron chi connectivity index (χ4n) is 6.13. The Morgan fingerprint density at radius 2 is 1.80 bits per heavy atom. The highest BCUT2D eigenvalue weighted by Crippen LogP contribution is 2.40. The highest BCUT2D eigenvalue weighted by atomic mass is 19.2. The molecule has 1 aliphatic carbocycles. The fraction of sp³-hybridized carbons (Fsp3) is 0.520. The predicted octanol–water partition coefficient (Wildman–Crippen LogP) is 4.44. The molecule has 0 spiro atoms. The highest BCUT2D eigenvalue weighted by molar-refractivity contribution is 5.46. The lowest BCUT2D eigenvalue weighted by molar-refractivity contribution is 0.376. The van der Waals surface area contributed by atoms with Crippen LogP contribution in [-0.4, -0.2) is 44.1 Å². The normalized spacial score (nSPS) is 25.9. The third-order valence-electron chi connectivity index (χ3n) is 7.82. The van der Waals surface area contributed by atoms with Gasteiger partial charge < -0.3 is 10.2 Å². The maximum Gasteiger partial charge on any atom is 0.242 e. The van der Waals surface area contributed by atoms with Gasteiger partial charge in [0.25, 0.3) is 0 Å². The molecule has 35 heavy (non-hydrogen) atoms. The van der Waals surface area contributed by atoms with Crippen molar-refractivity contribution in [2.75, 3.05) is 23.3 Å². The van der Waals surface area contributed by atoms with Crippen LogP contribution in [0.15, 0.2) is 24.4 Å². The minimum atomic E-state index is -1.43. The van der Waals surface area contributed by atoms with Crippen molar-refractivity contribution in [2.45, 2.75) is 57.5 Å². The van der Waals surface area contributed by atoms with Crippen molar-refractivity contribution in [1.29, 1.82) is 0 Å². The Hall–Kier alpha value is -3.17. The number of rotatable bonds is 4. The number of anilines is 2. The van der Waals surface area contributed by atoms with Crippen LogP contribution in [0.25, 0.3) is 0 Å². The molecule has 0 amide bonds. The van der Waals surface area contributed by atoms with E-state index in [0.29, 0.717) is 36.6 Å². The van der Waals surface area contributed by atoms with Gasteiger partial charge in [0, 0.05) is 37.2 Å². The number of fused-ring (bicyclic) bond motifs is 3. The molecule has 1 N–H and O–H groups in total. The molecule has 2 fully saturated rings. The standard InChI is InChI=1S/C25H28F3N7/c1-14-10-17(11-29-32-14)34-12-15-5-6-16(13-34)23(15)30-25-31-24-19(4-2-3-9-35(24)33-25)18-7-8-20(26)22(28)21(18)27/h7-8,10-11,15-16,19,23H,2-6,9,12-13H2,1H3,(H,30,33)/t15-,16+,19-,23?/m0/s1. The number of halogens is 3. The molecule has 1 aromatic carbocycles. The topological polar surface area (TPSA) is 71.8 Å². The molecule has 2 aliphatic heterocycles. The third kappa shape index (κ3) is 4.02. The van der Waals surface area contributed by atoms with E-state index in [9.17, 15) is 13.2 Å². The molecule has 0 radical (unpaired) electrons. The lowest BCUT2D eigenvalue weighted by Crippen LogP contribution is -2.48. The van der Waals surface area contributed by atoms with E-state index in [0.717, 1.165) is 56.2 Å². The van der Waals surface area contributed by atoms with Gasteiger partial charge in [0.15, 0.2) is 17.5 Å². The van der Waals surface area contributed by atoms with E-state index < -0.39 is 23.4 Å². The van der Waals surface area contributed by atoms with Crippen molar-refractivity contribution >= 4 is 11.6 Å². The number of hydrogen-bond donors (Lipinski definition) is 1. The van der Waals surface area contributed by atoms with Crippen LogP contribution in [0.3, 0.4) is 0 Å². The molecule has 3 aromatic rings. The highest BCUT2D eigenvalue weighted by Gasteiger charge is 2.43. The average Bonchev–Trinajstić information content (AvgIpc) is 3.25. The van der Waals surface area contributed by atoms with Crippen LogP contribution >= 0.6 is 0 Å². The van der Waals surface area contributed by atoms with E-state index in [-0.39, 0.29) is 11.6 Å². The first kappa shape index (κ1) is 22.3. The predicted molar refractivity (Wildman–Crippen MR) is 125 cm³/mol. The number of piperidine rings is 1. The summed E-state index contributed by atoms with van der Waals surface area (Å²) in [5.41, 5.74) is 2.16. The minimum absolute atomic E-state index is 0.139. The Labute approximate surface area is 201 Å². The van der Waals surface area contributed by atoms with Gasteiger partial charge in [0.05, 0.1) is 17.6 Å². The number of hydrogen-bond acceptors (Lipinski definition) is 6. The van der Waals surface area contributed by atoms with Crippen LogP contribution in [0.5, 0.6) is 0 Å². The summed E-state index contributed by atoms with van der Waals surface area (Å²) in [6.07, 6.45) is 6.41. The zero-order chi connectivity index (χ0) is 24.1. The van der Waals surface area contributed by atoms with Crippen LogP contribution in [-0.2, 0) is 6.54 Å². The largest absolute Gasteiger partial charge is 0.369 e. The van der Waals surface area contributed by atoms with Gasteiger partial charge in [-0.3, -0.25) is 0 Å². The number of nitrogens with zero attached hydrogens (tertiary/aromatic N) is 6. The van der Waals surface area contributed by atoms with E-state index in [1.54, 1.807) is 0 Å². The van der Waals surface area contributed by atoms with Crippen LogP contribution in [0.4, 0.5) is 24.8 Å². The first-order valence-electron chi connectivity index (χ1n) is 12.4. The number of aryl methyl sites for hydroxylation is 2. The Morgan fingerprint density at radius 3 is 2.57 bits per heavy atom. The second-order valence-corrected chi connectivity index (χ2v) is 10.1. The van der Waals surface area contributed by atoms with Gasteiger partial charge in [0.2, 0.25) is 5.95 Å². The third-order valence-corrected chi connectivity index (χ3v) is 7.82. The molecule has 1 saturated heterocycles. The van der Waals surface area contributed by atoms with E-state index in [2.05, 4.69) is 26.5 Å². The molecular weight excluding hydrogens is 455 g/mol. The summed E-state index contributed by atoms with van der Waals surface area (Å²) in [5, 5.41) is 16.5. The van der Waals surface area contributed by atoms with E-state index in [4.69, 9.17) is 10.1 Å². The Balaban J connectivity index is 1.24. The van der Waals surface area contributed by atoms with Gasteiger partial charge in [-0.25, -0.2) is 17.9 Å². The summed E-state index contributed by atoms with van der Waals surface area (Å²) in [7, 11) is 0. The summed E-state index contributed by atoms with van der Waals surface area (Å²) in [5.74, 6) is -2.16. The second-order valence-electron chi connectivity index (χ2n) is 10.1. The van der Waals surface area contributed by atoms with Crippen molar-refractivity contribution in [1.82, 2.24) is 25.0 Å². The smallest absolute Gasteiger partial charge is 0.242 e. The quantitative estimate of drug-likeness (QED) is 0.554. The van der Waals surface area contributed by atoms with Gasteiger partial charge in [-0.1, -0.05) is 12.5 Å². The SMILES string of the molecule is Cc1cc(N2C[C@H]3CC[C@@H](C2)C3Nc2nc3n(n2)CCCC[C@H]3c2ccc(F)c(F)c2F)cnn1. The Bertz CT molecular complexity index is 1230. The van der Waals surface area contributed by atoms with Crippen LogP contribution in [0.2, 0.25) is 0 Å². The van der Waals surface area contributed by atoms with Crippen LogP contribution < -0.4 is 10.2 Å². The average molecular weight is 484 g/mol. The molecule has 1 unspecified atom stereocenters. The molecular formula is C25H28F3N7. The van der Waals surface area contributed by atoms with Gasteiger partial charge >= 0.3 is 0 Å². The molecule has 10 heteroatoms. The van der Waals surface area contributed by atoms with E-state index in [1.807, 2.05) is 17.8 Å². The number of aromatic nitrogens is 5. The summed E-state index contributed by atoms with van der Waals surface area (Å²) in [6.45, 7) is 4.48. The van der Waals surface area contributed by atoms with E-state index in [1.165, 1.54) is 6.07 Å². The first-order chi connectivity index (χ1) is 17.0. The summed E-state index contributed by atoms with van der Waals surface area (Å²) < 4.78 is 44.0. The Morgan fingerprint density at radius 1 is 1.00 bits per heavy atom. The molecule has 6 rings (SSSR count).